The molecule has 0 bridgehead atoms. The van der Waals surface area contributed by atoms with Crippen molar-refractivity contribution in [3.8, 4) is 11.3 Å². The molecule has 5 amide bonds. The first-order valence-electron chi connectivity index (χ1n) is 20.6. The van der Waals surface area contributed by atoms with Gasteiger partial charge in [-0.05, 0) is 72.4 Å². The number of carbonyl (C=O) groups excluding carboxylic acids is 4. The average molecular weight is 820 g/mol. The molecule has 3 heterocycles. The van der Waals surface area contributed by atoms with Crippen LogP contribution in [0.25, 0.3) is 11.3 Å². The van der Waals surface area contributed by atoms with E-state index in [2.05, 4.69) is 25.9 Å². The minimum atomic E-state index is -1.15. The second kappa shape index (κ2) is 20.0. The molecule has 2 aromatic heterocycles. The van der Waals surface area contributed by atoms with E-state index in [9.17, 15) is 24.3 Å². The standard InChI is InChI=1S/C47H61N7O6/c1-31-15-14-18-35(49-31)30-53-25-26-54(45(53)59)41(47(5,6)7)43(57)51-38(28-32-16-10-9-11-17-32)39(55)29-36(50-42(56)40(46(2,3)4)52-44(58)60-8)27-33-20-22-34(23-21-33)37-19-12-13-24-48-37/h9-24,36,38-41,55H,25-30H2,1-8H3,(H,50,56)(H,51,57)(H,52,58)/t36-,38+,39+,40-,41-/m1/s1. The van der Waals surface area contributed by atoms with E-state index in [-0.39, 0.29) is 24.8 Å². The van der Waals surface area contributed by atoms with E-state index >= 15 is 0 Å². The number of benzene rings is 2. The summed E-state index contributed by atoms with van der Waals surface area (Å²) in [4.78, 5) is 67.3. The lowest BCUT2D eigenvalue weighted by molar-refractivity contribution is -0.131. The lowest BCUT2D eigenvalue weighted by Crippen LogP contribution is -2.59. The summed E-state index contributed by atoms with van der Waals surface area (Å²) in [6, 6.07) is 25.4. The Kier molecular flexibility index (Phi) is 15.1. The second-order valence-corrected chi connectivity index (χ2v) is 17.8. The summed E-state index contributed by atoms with van der Waals surface area (Å²) in [6.45, 7) is 14.3. The first-order valence-corrected chi connectivity index (χ1v) is 20.6. The summed E-state index contributed by atoms with van der Waals surface area (Å²) in [6.07, 6.45) is 0.536. The number of alkyl carbamates (subject to hydrolysis) is 1. The first-order chi connectivity index (χ1) is 28.4. The summed E-state index contributed by atoms with van der Waals surface area (Å²) < 4.78 is 4.84. The van der Waals surface area contributed by atoms with E-state index in [1.54, 1.807) is 16.0 Å². The summed E-state index contributed by atoms with van der Waals surface area (Å²) in [7, 11) is 1.24. The van der Waals surface area contributed by atoms with Gasteiger partial charge in [0.05, 0.1) is 37.2 Å². The number of pyridine rings is 2. The Morgan fingerprint density at radius 1 is 0.783 bits per heavy atom. The molecule has 13 heteroatoms. The number of aliphatic hydroxyl groups excluding tert-OH is 1. The smallest absolute Gasteiger partial charge is 0.407 e. The molecule has 320 valence electrons. The Balaban J connectivity index is 1.42. The van der Waals surface area contributed by atoms with Crippen LogP contribution in [0.4, 0.5) is 9.59 Å². The molecule has 13 nitrogen and oxygen atoms in total. The van der Waals surface area contributed by atoms with Crippen molar-refractivity contribution in [2.45, 2.75) is 105 Å². The van der Waals surface area contributed by atoms with Crippen molar-refractivity contribution in [2.24, 2.45) is 10.8 Å². The summed E-state index contributed by atoms with van der Waals surface area (Å²) in [5.41, 5.74) is 3.83. The quantitative estimate of drug-likeness (QED) is 0.106. The van der Waals surface area contributed by atoms with E-state index in [4.69, 9.17) is 4.74 Å². The third kappa shape index (κ3) is 12.4. The number of nitrogens with zero attached hydrogens (tertiary/aromatic N) is 4. The maximum absolute atomic E-state index is 14.6. The molecule has 4 aromatic rings. The number of aliphatic hydroxyl groups is 1. The van der Waals surface area contributed by atoms with E-state index in [1.807, 2.05) is 139 Å². The van der Waals surface area contributed by atoms with Crippen molar-refractivity contribution in [1.29, 1.82) is 0 Å². The van der Waals surface area contributed by atoms with Gasteiger partial charge in [0.15, 0.2) is 0 Å². The number of urea groups is 1. The van der Waals surface area contributed by atoms with Gasteiger partial charge in [0, 0.05) is 36.6 Å². The highest BCUT2D eigenvalue weighted by molar-refractivity contribution is 5.89. The van der Waals surface area contributed by atoms with Gasteiger partial charge in [0.1, 0.15) is 12.1 Å². The van der Waals surface area contributed by atoms with Crippen LogP contribution >= 0.6 is 0 Å². The van der Waals surface area contributed by atoms with Gasteiger partial charge in [-0.15, -0.1) is 0 Å². The lowest BCUT2D eigenvalue weighted by Gasteiger charge is -2.38. The number of ether oxygens (including phenoxy) is 1. The molecule has 0 radical (unpaired) electrons. The fourth-order valence-electron chi connectivity index (χ4n) is 7.70. The van der Waals surface area contributed by atoms with Crippen molar-refractivity contribution in [3.05, 3.63) is 120 Å². The molecule has 0 saturated carbocycles. The van der Waals surface area contributed by atoms with Gasteiger partial charge in [-0.2, -0.15) is 0 Å². The zero-order valence-electron chi connectivity index (χ0n) is 36.1. The van der Waals surface area contributed by atoms with Gasteiger partial charge in [-0.1, -0.05) is 108 Å². The van der Waals surface area contributed by atoms with Gasteiger partial charge in [0.2, 0.25) is 11.8 Å². The van der Waals surface area contributed by atoms with Crippen LogP contribution in [0.2, 0.25) is 0 Å². The number of amides is 5. The number of nitrogens with one attached hydrogen (secondary N) is 3. The van der Waals surface area contributed by atoms with Crippen molar-refractivity contribution in [2.75, 3.05) is 20.2 Å². The molecule has 2 aromatic carbocycles. The molecule has 5 rings (SSSR count). The molecule has 0 aliphatic carbocycles. The van der Waals surface area contributed by atoms with E-state index in [0.29, 0.717) is 26.1 Å². The van der Waals surface area contributed by atoms with E-state index in [0.717, 1.165) is 33.8 Å². The number of methoxy groups -OCH3 is 1. The summed E-state index contributed by atoms with van der Waals surface area (Å²) in [5.74, 6) is -0.822. The molecule has 0 unspecified atom stereocenters. The molecule has 1 aliphatic heterocycles. The minimum absolute atomic E-state index is 0.0562. The average Bonchev–Trinajstić information content (AvgIpc) is 3.54. The number of rotatable bonds is 16. The Labute approximate surface area is 354 Å². The minimum Gasteiger partial charge on any atom is -0.453 e. The summed E-state index contributed by atoms with van der Waals surface area (Å²) >= 11 is 0. The molecular formula is C47H61N7O6. The Morgan fingerprint density at radius 2 is 1.47 bits per heavy atom. The van der Waals surface area contributed by atoms with Gasteiger partial charge in [-0.3, -0.25) is 19.6 Å². The summed E-state index contributed by atoms with van der Waals surface area (Å²) in [5, 5.41) is 21.2. The van der Waals surface area contributed by atoms with Crippen molar-refractivity contribution < 1.29 is 29.0 Å². The Morgan fingerprint density at radius 3 is 2.08 bits per heavy atom. The molecule has 5 atom stereocenters. The third-order valence-corrected chi connectivity index (χ3v) is 10.7. The predicted molar refractivity (Wildman–Crippen MR) is 232 cm³/mol. The Bertz CT molecular complexity index is 2050. The van der Waals surface area contributed by atoms with Crippen LogP contribution in [0.3, 0.4) is 0 Å². The second-order valence-electron chi connectivity index (χ2n) is 17.8. The molecular weight excluding hydrogens is 759 g/mol. The number of hydrogen-bond donors (Lipinski definition) is 4. The highest BCUT2D eigenvalue weighted by Gasteiger charge is 2.44. The van der Waals surface area contributed by atoms with Crippen LogP contribution in [-0.2, 0) is 33.7 Å². The number of hydrogen-bond acceptors (Lipinski definition) is 8. The van der Waals surface area contributed by atoms with E-state index in [1.165, 1.54) is 7.11 Å². The van der Waals surface area contributed by atoms with Crippen LogP contribution in [0.15, 0.2) is 97.2 Å². The third-order valence-electron chi connectivity index (χ3n) is 10.7. The van der Waals surface area contributed by atoms with Gasteiger partial charge in [0.25, 0.3) is 0 Å². The highest BCUT2D eigenvalue weighted by Crippen LogP contribution is 2.29. The fraction of sp³-hybridized carbons (Fsp3) is 0.447. The van der Waals surface area contributed by atoms with Gasteiger partial charge >= 0.3 is 12.1 Å². The topological polar surface area (TPSA) is 166 Å². The largest absolute Gasteiger partial charge is 0.453 e. The maximum Gasteiger partial charge on any atom is 0.407 e. The molecule has 1 aliphatic rings. The normalized spacial score (nSPS) is 15.7. The highest BCUT2D eigenvalue weighted by atomic mass is 16.5. The lowest BCUT2D eigenvalue weighted by atomic mass is 9.84. The van der Waals surface area contributed by atoms with Crippen LogP contribution < -0.4 is 16.0 Å². The molecule has 4 N–H and O–H groups in total. The zero-order chi connectivity index (χ0) is 43.6. The molecule has 60 heavy (non-hydrogen) atoms. The SMILES string of the molecule is COC(=O)N[C@H](C(=O)N[C@H](Cc1ccc(-c2ccccn2)cc1)C[C@H](O)[C@H](Cc1ccccc1)NC(=O)[C@@H](N1CCN(Cc2cccc(C)n2)C1=O)C(C)(C)C)C(C)(C)C. The molecule has 0 spiro atoms. The number of aryl methyl sites for hydroxylation is 1. The van der Waals surface area contributed by atoms with Crippen LogP contribution in [-0.4, -0.2) is 99.3 Å². The predicted octanol–water partition coefficient (Wildman–Crippen LogP) is 6.08. The first kappa shape index (κ1) is 45.3. The fourth-order valence-corrected chi connectivity index (χ4v) is 7.70. The van der Waals surface area contributed by atoms with Crippen LogP contribution in [0.5, 0.6) is 0 Å². The van der Waals surface area contributed by atoms with E-state index < -0.39 is 53.1 Å². The number of carbonyl (C=O) groups is 4. The van der Waals surface area contributed by atoms with Gasteiger partial charge in [-0.25, -0.2) is 9.59 Å². The Hall–Kier alpha value is -5.82. The van der Waals surface area contributed by atoms with Crippen LogP contribution in [0.1, 0.15) is 70.5 Å². The monoisotopic (exact) mass is 819 g/mol. The molecule has 1 saturated heterocycles. The van der Waals surface area contributed by atoms with Crippen molar-refractivity contribution in [3.63, 3.8) is 0 Å². The van der Waals surface area contributed by atoms with Crippen LogP contribution in [0, 0.1) is 17.8 Å². The van der Waals surface area contributed by atoms with Gasteiger partial charge < -0.3 is 35.6 Å². The molecule has 1 fully saturated rings. The van der Waals surface area contributed by atoms with Crippen molar-refractivity contribution >= 4 is 23.9 Å². The van der Waals surface area contributed by atoms with Crippen molar-refractivity contribution in [1.82, 2.24) is 35.7 Å². The number of aromatic nitrogens is 2. The zero-order valence-corrected chi connectivity index (χ0v) is 36.1. The maximum atomic E-state index is 14.6.